The van der Waals surface area contributed by atoms with E-state index in [1.807, 2.05) is 4.90 Å². The molecule has 15 heteroatoms. The number of carbonyl (C=O) groups excluding carboxylic acids is 1. The van der Waals surface area contributed by atoms with Crippen LogP contribution in [-0.4, -0.2) is 104 Å². The standard InChI is InChI=1S/C26H31F2N9O3S/c1-34(11-13-41(2)39)24(38)17-14-21(19(28)15-18(17)27)36-9-7-35(8-10-36)6-5-30-26-31-23-16-20(22-4-3-12-40-22)33-37(23)25(29)32-26/h3-4,12,14-16H,5-11,13H2,1-2H3,(H3,29,30,31,32)/t41-/m0/s1. The summed E-state index contributed by atoms with van der Waals surface area (Å²) in [4.78, 5) is 26.8. The number of rotatable bonds is 10. The van der Waals surface area contributed by atoms with Crippen molar-refractivity contribution >= 4 is 39.9 Å². The summed E-state index contributed by atoms with van der Waals surface area (Å²) in [6.07, 6.45) is 3.10. The van der Waals surface area contributed by atoms with Crippen molar-refractivity contribution in [3.8, 4) is 11.5 Å². The summed E-state index contributed by atoms with van der Waals surface area (Å²) in [6, 6.07) is 7.36. The van der Waals surface area contributed by atoms with Crippen molar-refractivity contribution in [2.45, 2.75) is 0 Å². The Morgan fingerprint density at radius 1 is 1.17 bits per heavy atom. The van der Waals surface area contributed by atoms with Gasteiger partial charge in [-0.25, -0.2) is 8.78 Å². The number of hydrogen-bond donors (Lipinski definition) is 2. The second-order valence-corrected chi connectivity index (χ2v) is 11.3. The first-order valence-corrected chi connectivity index (χ1v) is 14.7. The van der Waals surface area contributed by atoms with E-state index in [2.05, 4.69) is 25.3 Å². The molecule has 4 heterocycles. The van der Waals surface area contributed by atoms with Crippen LogP contribution in [0.4, 0.5) is 26.4 Å². The number of anilines is 3. The molecule has 41 heavy (non-hydrogen) atoms. The third kappa shape index (κ3) is 6.46. The summed E-state index contributed by atoms with van der Waals surface area (Å²) < 4.78 is 47.5. The highest BCUT2D eigenvalue weighted by molar-refractivity contribution is 7.84. The molecule has 1 aliphatic rings. The van der Waals surface area contributed by atoms with Gasteiger partial charge >= 0.3 is 0 Å². The zero-order valence-corrected chi connectivity index (χ0v) is 23.5. The number of nitrogen functional groups attached to an aromatic ring is 1. The minimum Gasteiger partial charge on any atom is -0.463 e. The molecule has 1 fully saturated rings. The number of fused-ring (bicyclic) bond motifs is 1. The van der Waals surface area contributed by atoms with Crippen LogP contribution in [-0.2, 0) is 10.8 Å². The van der Waals surface area contributed by atoms with Crippen molar-refractivity contribution in [1.29, 1.82) is 0 Å². The zero-order valence-electron chi connectivity index (χ0n) is 22.7. The van der Waals surface area contributed by atoms with Crippen LogP contribution in [0.3, 0.4) is 0 Å². The van der Waals surface area contributed by atoms with E-state index in [0.717, 1.165) is 6.07 Å². The SMILES string of the molecule is CN(CC[S@](C)=O)C(=O)c1cc(N2CCN(CCNc3nc(N)n4nc(-c5ccco5)cc4n3)CC2)c(F)cc1F. The summed E-state index contributed by atoms with van der Waals surface area (Å²) in [6.45, 7) is 3.72. The minimum atomic E-state index is -1.09. The molecule has 0 unspecified atom stereocenters. The number of nitrogens with two attached hydrogens (primary N) is 1. The lowest BCUT2D eigenvalue weighted by atomic mass is 10.1. The molecule has 0 spiro atoms. The highest BCUT2D eigenvalue weighted by atomic mass is 32.2. The average molecular weight is 588 g/mol. The summed E-state index contributed by atoms with van der Waals surface area (Å²) in [7, 11) is 0.421. The predicted molar refractivity (Wildman–Crippen MR) is 152 cm³/mol. The van der Waals surface area contributed by atoms with Crippen molar-refractivity contribution in [3.63, 3.8) is 0 Å². The van der Waals surface area contributed by atoms with Gasteiger partial charge in [0.15, 0.2) is 11.4 Å². The maximum Gasteiger partial charge on any atom is 0.256 e. The van der Waals surface area contributed by atoms with Gasteiger partial charge in [0.05, 0.1) is 17.5 Å². The fourth-order valence-electron chi connectivity index (χ4n) is 4.59. The first-order chi connectivity index (χ1) is 19.7. The van der Waals surface area contributed by atoms with E-state index in [1.54, 1.807) is 24.5 Å². The van der Waals surface area contributed by atoms with Gasteiger partial charge in [-0.15, -0.1) is 0 Å². The Hall–Kier alpha value is -4.11. The van der Waals surface area contributed by atoms with Crippen LogP contribution < -0.4 is 16.0 Å². The summed E-state index contributed by atoms with van der Waals surface area (Å²) >= 11 is 0. The first-order valence-electron chi connectivity index (χ1n) is 13.0. The fourth-order valence-corrected chi connectivity index (χ4v) is 5.12. The Kier molecular flexibility index (Phi) is 8.44. The molecule has 1 amide bonds. The number of amides is 1. The molecule has 1 atom stereocenters. The van der Waals surface area contributed by atoms with E-state index in [-0.39, 0.29) is 29.5 Å². The molecule has 3 aromatic heterocycles. The molecule has 1 aliphatic heterocycles. The van der Waals surface area contributed by atoms with Gasteiger partial charge in [0.2, 0.25) is 11.9 Å². The number of benzene rings is 1. The van der Waals surface area contributed by atoms with Gasteiger partial charge in [0.1, 0.15) is 17.3 Å². The highest BCUT2D eigenvalue weighted by Crippen LogP contribution is 2.26. The molecular formula is C26H31F2N9O3S. The Labute approximate surface area is 237 Å². The van der Waals surface area contributed by atoms with E-state index in [1.165, 1.54) is 28.8 Å². The van der Waals surface area contributed by atoms with E-state index in [0.29, 0.717) is 62.3 Å². The quantitative estimate of drug-likeness (QED) is 0.283. The largest absolute Gasteiger partial charge is 0.463 e. The van der Waals surface area contributed by atoms with Crippen molar-refractivity contribution in [3.05, 3.63) is 53.8 Å². The summed E-state index contributed by atoms with van der Waals surface area (Å²) in [5.74, 6) is -0.765. The van der Waals surface area contributed by atoms with Crippen LogP contribution in [0.5, 0.6) is 0 Å². The summed E-state index contributed by atoms with van der Waals surface area (Å²) in [5, 5.41) is 7.57. The maximum atomic E-state index is 14.7. The van der Waals surface area contributed by atoms with Gasteiger partial charge in [-0.05, 0) is 18.2 Å². The van der Waals surface area contributed by atoms with Crippen LogP contribution in [0.25, 0.3) is 17.1 Å². The van der Waals surface area contributed by atoms with E-state index in [4.69, 9.17) is 10.2 Å². The van der Waals surface area contributed by atoms with E-state index >= 15 is 0 Å². The van der Waals surface area contributed by atoms with Crippen molar-refractivity contribution in [1.82, 2.24) is 29.4 Å². The molecule has 0 radical (unpaired) electrons. The first kappa shape index (κ1) is 28.4. The Morgan fingerprint density at radius 2 is 1.95 bits per heavy atom. The van der Waals surface area contributed by atoms with Crippen LogP contribution >= 0.6 is 0 Å². The third-order valence-electron chi connectivity index (χ3n) is 6.87. The fraction of sp³-hybridized carbons (Fsp3) is 0.385. The maximum absolute atomic E-state index is 14.7. The lowest BCUT2D eigenvalue weighted by Gasteiger charge is -2.36. The number of hydrogen-bond acceptors (Lipinski definition) is 10. The lowest BCUT2D eigenvalue weighted by Crippen LogP contribution is -2.48. The third-order valence-corrected chi connectivity index (χ3v) is 7.63. The predicted octanol–water partition coefficient (Wildman–Crippen LogP) is 1.93. The number of furan rings is 1. The zero-order chi connectivity index (χ0) is 29.1. The van der Waals surface area contributed by atoms with Crippen molar-refractivity contribution < 1.29 is 22.2 Å². The van der Waals surface area contributed by atoms with Crippen LogP contribution in [0, 0.1) is 11.6 Å². The molecule has 5 rings (SSSR count). The molecular weight excluding hydrogens is 556 g/mol. The Balaban J connectivity index is 1.16. The van der Waals surface area contributed by atoms with E-state index < -0.39 is 28.3 Å². The minimum absolute atomic E-state index is 0.187. The molecule has 1 aromatic carbocycles. The second kappa shape index (κ2) is 12.2. The van der Waals surface area contributed by atoms with Gasteiger partial charge in [0, 0.05) is 87.8 Å². The van der Waals surface area contributed by atoms with Gasteiger partial charge in [-0.3, -0.25) is 13.9 Å². The molecule has 0 bridgehead atoms. The van der Waals surface area contributed by atoms with Crippen molar-refractivity contribution in [2.75, 3.05) is 80.8 Å². The normalized spacial score (nSPS) is 14.9. The van der Waals surface area contributed by atoms with Crippen LogP contribution in [0.2, 0.25) is 0 Å². The smallest absolute Gasteiger partial charge is 0.256 e. The Morgan fingerprint density at radius 3 is 2.66 bits per heavy atom. The van der Waals surface area contributed by atoms with Gasteiger partial charge in [-0.2, -0.15) is 19.6 Å². The number of halogens is 2. The topological polar surface area (TPSA) is 138 Å². The van der Waals surface area contributed by atoms with Gasteiger partial charge < -0.3 is 25.3 Å². The molecule has 3 N–H and O–H groups in total. The monoisotopic (exact) mass is 587 g/mol. The van der Waals surface area contributed by atoms with Crippen LogP contribution in [0.15, 0.2) is 41.0 Å². The molecule has 218 valence electrons. The molecule has 0 aliphatic carbocycles. The number of piperazine rings is 1. The molecule has 4 aromatic rings. The number of aromatic nitrogens is 4. The average Bonchev–Trinajstić information content (AvgIpc) is 3.63. The van der Waals surface area contributed by atoms with Gasteiger partial charge in [0.25, 0.3) is 5.91 Å². The second-order valence-electron chi connectivity index (χ2n) is 9.73. The number of nitrogens with zero attached hydrogens (tertiary/aromatic N) is 7. The number of carbonyl (C=O) groups is 1. The van der Waals surface area contributed by atoms with Crippen molar-refractivity contribution in [2.24, 2.45) is 0 Å². The molecule has 12 nitrogen and oxygen atoms in total. The Bertz CT molecular complexity index is 1560. The highest BCUT2D eigenvalue weighted by Gasteiger charge is 2.24. The van der Waals surface area contributed by atoms with Crippen LogP contribution in [0.1, 0.15) is 10.4 Å². The summed E-state index contributed by atoms with van der Waals surface area (Å²) in [5.41, 5.74) is 7.19. The van der Waals surface area contributed by atoms with E-state index in [9.17, 15) is 17.8 Å². The molecule has 0 saturated carbocycles. The number of nitrogens with one attached hydrogen (secondary N) is 1. The lowest BCUT2D eigenvalue weighted by molar-refractivity contribution is 0.0799. The molecule has 1 saturated heterocycles. The van der Waals surface area contributed by atoms with Gasteiger partial charge in [-0.1, -0.05) is 0 Å².